The molecule has 0 saturated heterocycles. The van der Waals surface area contributed by atoms with Gasteiger partial charge in [0, 0.05) is 6.57 Å². The fourth-order valence-electron chi connectivity index (χ4n) is 0. The van der Waals surface area contributed by atoms with Crippen LogP contribution in [0.15, 0.2) is 0 Å². The zero-order valence-corrected chi connectivity index (χ0v) is 7.23. The lowest BCUT2D eigenvalue weighted by Gasteiger charge is -1.07. The van der Waals surface area contributed by atoms with E-state index in [0.29, 0.717) is 0 Å². The first kappa shape index (κ1) is 223. The number of rotatable bonds is 0. The summed E-state index contributed by atoms with van der Waals surface area (Å²) in [7, 11) is 0. The molecule has 5 heteroatoms. The largest absolute Gasteiger partial charge is 0.412 e. The second-order valence-corrected chi connectivity index (χ2v) is 0. The van der Waals surface area contributed by atoms with Crippen molar-refractivity contribution in [3.63, 3.8) is 0 Å². The molecule has 0 spiro atoms. The van der Waals surface area contributed by atoms with E-state index in [-0.39, 0.29) is 37.4 Å². The van der Waals surface area contributed by atoms with Crippen molar-refractivity contribution < 1.29 is 16.4 Å². The van der Waals surface area contributed by atoms with Crippen molar-refractivity contribution in [3.05, 3.63) is 0 Å². The van der Waals surface area contributed by atoms with Gasteiger partial charge in [0.1, 0.15) is 0 Å². The number of nitriles is 1. The minimum absolute atomic E-state index is 0. The highest BCUT2D eigenvalue weighted by molar-refractivity contribution is 4.03. The Bertz CT molecular complexity index is 21.4. The van der Waals surface area contributed by atoms with Crippen LogP contribution in [0.5, 0.6) is 0 Å². The highest BCUT2D eigenvalue weighted by atomic mass is 16.0. The molecule has 0 atom stereocenters. The summed E-state index contributed by atoms with van der Waals surface area (Å²) in [6, 6.07) is 0. The van der Waals surface area contributed by atoms with Gasteiger partial charge in [0.25, 0.3) is 0 Å². The van der Waals surface area contributed by atoms with E-state index >= 15 is 0 Å². The molecule has 0 aromatic rings. The average molecular weight is 190 g/mol. The van der Waals surface area contributed by atoms with Crippen molar-refractivity contribution in [3.8, 4) is 6.57 Å². The molecule has 0 unspecified atom stereocenters. The van der Waals surface area contributed by atoms with Crippen LogP contribution in [0.3, 0.4) is 0 Å². The molecule has 0 aliphatic rings. The molecule has 0 saturated carbocycles. The highest BCUT2D eigenvalue weighted by Crippen LogP contribution is 1.15. The van der Waals surface area contributed by atoms with Crippen molar-refractivity contribution in [2.24, 2.45) is 0 Å². The Morgan fingerprint density at radius 1 is 0.667 bits per heavy atom. The molecule has 5 nitrogen and oxygen atoms in total. The first-order chi connectivity index (χ1) is 3.00. The van der Waals surface area contributed by atoms with Gasteiger partial charge in [-0.05, 0) is 0 Å². The molecule has 9 N–H and O–H groups in total. The summed E-state index contributed by atoms with van der Waals surface area (Å²) >= 11 is 0. The maximum absolute atomic E-state index is 6.50. The zero-order valence-electron chi connectivity index (χ0n) is 7.23. The van der Waals surface area contributed by atoms with E-state index < -0.39 is 0 Å². The van der Waals surface area contributed by atoms with E-state index in [2.05, 4.69) is 6.57 Å². The summed E-state index contributed by atoms with van der Waals surface area (Å²) in [6.45, 7) is 11.5. The molecule has 0 radical (unpaired) electrons. The Morgan fingerprint density at radius 3 is 0.667 bits per heavy atom. The van der Waals surface area contributed by atoms with E-state index in [4.69, 9.17) is 5.26 Å². The third-order valence-corrected chi connectivity index (χ3v) is 0. The van der Waals surface area contributed by atoms with Crippen LogP contribution < -0.4 is 6.15 Å². The van der Waals surface area contributed by atoms with Crippen LogP contribution >= 0.6 is 0 Å². The molecule has 0 aromatic heterocycles. The molecule has 0 fully saturated rings. The summed E-state index contributed by atoms with van der Waals surface area (Å²) in [5.74, 6) is 0. The Morgan fingerprint density at radius 2 is 0.667 bits per heavy atom. The average Bonchev–Trinajstić information content (AvgIpc) is 1.81. The van der Waals surface area contributed by atoms with Gasteiger partial charge >= 0.3 is 0 Å². The fourth-order valence-corrected chi connectivity index (χ4v) is 0. The molecule has 0 heterocycles. The summed E-state index contributed by atoms with van der Waals surface area (Å²) in [4.78, 5) is 0. The van der Waals surface area contributed by atoms with E-state index in [1.165, 1.54) is 0 Å². The Hall–Kier alpha value is -0.670. The van der Waals surface area contributed by atoms with Gasteiger partial charge in [-0.15, -0.1) is 0 Å². The molecule has 0 aliphatic heterocycles. The smallest absolute Gasteiger partial charge is 0.0462 e. The SMILES string of the molecule is C.C.C#N.CC.CC.N.O.O.O. The monoisotopic (exact) mass is 190 g/mol. The molecular formula is C7H30N2O3. The lowest BCUT2D eigenvalue weighted by molar-refractivity contribution is 0.823. The molecule has 0 aliphatic carbocycles. The van der Waals surface area contributed by atoms with E-state index in [9.17, 15) is 0 Å². The number of hydrogen-bond donors (Lipinski definition) is 1. The normalized spacial score (nSPS) is 1.17. The highest BCUT2D eigenvalue weighted by Gasteiger charge is 0.934. The van der Waals surface area contributed by atoms with Crippen LogP contribution in [0.25, 0.3) is 0 Å². The maximum Gasteiger partial charge on any atom is 0.0462 e. The topological polar surface area (TPSA) is 153 Å². The van der Waals surface area contributed by atoms with Gasteiger partial charge in [0.2, 0.25) is 0 Å². The van der Waals surface area contributed by atoms with Crippen molar-refractivity contribution in [2.75, 3.05) is 0 Å². The molecule has 12 heavy (non-hydrogen) atoms. The molecular weight excluding hydrogens is 160 g/mol. The summed E-state index contributed by atoms with van der Waals surface area (Å²) in [5, 5.41) is 6.50. The van der Waals surface area contributed by atoms with Crippen LogP contribution in [0.4, 0.5) is 0 Å². The van der Waals surface area contributed by atoms with E-state index in [0.717, 1.165) is 0 Å². The second kappa shape index (κ2) is 2000. The molecule has 86 valence electrons. The Kier molecular flexibility index (Phi) is 37200. The van der Waals surface area contributed by atoms with Gasteiger partial charge in [-0.25, -0.2) is 5.26 Å². The van der Waals surface area contributed by atoms with Crippen molar-refractivity contribution in [2.45, 2.75) is 42.5 Å². The fraction of sp³-hybridized carbons (Fsp3) is 0.857. The summed E-state index contributed by atoms with van der Waals surface area (Å²) < 4.78 is 0. The summed E-state index contributed by atoms with van der Waals surface area (Å²) in [6.07, 6.45) is 0. The minimum atomic E-state index is 0. The van der Waals surface area contributed by atoms with Crippen LogP contribution in [-0.2, 0) is 0 Å². The van der Waals surface area contributed by atoms with Crippen LogP contribution in [-0.4, -0.2) is 16.4 Å². The van der Waals surface area contributed by atoms with Crippen molar-refractivity contribution in [1.29, 1.82) is 5.26 Å². The van der Waals surface area contributed by atoms with Crippen LogP contribution in [0, 0.1) is 11.8 Å². The van der Waals surface area contributed by atoms with Gasteiger partial charge in [-0.2, -0.15) is 0 Å². The van der Waals surface area contributed by atoms with Crippen molar-refractivity contribution in [1.82, 2.24) is 6.15 Å². The van der Waals surface area contributed by atoms with Gasteiger partial charge in [-0.1, -0.05) is 42.5 Å². The molecule has 0 amide bonds. The van der Waals surface area contributed by atoms with Gasteiger partial charge in [0.05, 0.1) is 0 Å². The second-order valence-electron chi connectivity index (χ2n) is 0. The third kappa shape index (κ3) is 1440. The number of nitrogens with zero attached hydrogens (tertiary/aromatic N) is 1. The molecule has 0 rings (SSSR count). The van der Waals surface area contributed by atoms with Gasteiger partial charge < -0.3 is 22.6 Å². The van der Waals surface area contributed by atoms with Crippen LogP contribution in [0.1, 0.15) is 42.5 Å². The minimum Gasteiger partial charge on any atom is -0.412 e. The van der Waals surface area contributed by atoms with Gasteiger partial charge in [0.15, 0.2) is 0 Å². The van der Waals surface area contributed by atoms with E-state index in [1.807, 2.05) is 27.7 Å². The first-order valence-corrected chi connectivity index (χ1v) is 2.26. The molecule has 0 aromatic carbocycles. The predicted octanol–water partition coefficient (Wildman–Crippen LogP) is 1.15. The summed E-state index contributed by atoms with van der Waals surface area (Å²) in [5.41, 5.74) is 0. The first-order valence-electron chi connectivity index (χ1n) is 2.26. The van der Waals surface area contributed by atoms with E-state index in [1.54, 1.807) is 0 Å². The molecule has 0 bridgehead atoms. The Labute approximate surface area is 77.9 Å². The van der Waals surface area contributed by atoms with Crippen LogP contribution in [0.2, 0.25) is 0 Å². The quantitative estimate of drug-likeness (QED) is 0.608. The standard InChI is InChI=1S/2C2H6.CHN.2CH4.H3N.3H2O/c3*1-2;;;;;;/h2*1-2H3;1H;2*1H4;1H3;3*1H2. The lowest BCUT2D eigenvalue weighted by atomic mass is 11.0. The predicted molar refractivity (Wildman–Crippen MR) is 58.7 cm³/mol. The third-order valence-electron chi connectivity index (χ3n) is 0. The maximum atomic E-state index is 6.50. The Balaban J connectivity index is -0.00000000129. The number of hydrogen-bond acceptors (Lipinski definition) is 2. The lowest BCUT2D eigenvalue weighted by Crippen LogP contribution is -0.856. The van der Waals surface area contributed by atoms with Crippen molar-refractivity contribution >= 4 is 0 Å². The van der Waals surface area contributed by atoms with Gasteiger partial charge in [-0.3, -0.25) is 0 Å². The zero-order chi connectivity index (χ0) is 6.00.